The average molecular weight is 228 g/mol. The number of benzene rings is 1. The van der Waals surface area contributed by atoms with Crippen LogP contribution >= 0.6 is 0 Å². The molecule has 1 aromatic carbocycles. The summed E-state index contributed by atoms with van der Waals surface area (Å²) >= 11 is 0. The molecule has 0 bridgehead atoms. The van der Waals surface area contributed by atoms with E-state index in [1.165, 1.54) is 5.56 Å². The molecular weight excluding hydrogens is 212 g/mol. The van der Waals surface area contributed by atoms with Gasteiger partial charge in [-0.1, -0.05) is 38.1 Å². The molecular formula is C14H16N2O. The maximum absolute atomic E-state index is 11.3. The lowest BCUT2D eigenvalue weighted by Gasteiger charge is -2.07. The van der Waals surface area contributed by atoms with Crippen molar-refractivity contribution in [3.8, 4) is 11.1 Å². The fourth-order valence-electron chi connectivity index (χ4n) is 1.79. The first kappa shape index (κ1) is 11.5. The molecule has 0 aliphatic heterocycles. The van der Waals surface area contributed by atoms with Gasteiger partial charge in [-0.15, -0.1) is 0 Å². The Balaban J connectivity index is 2.43. The first-order chi connectivity index (χ1) is 8.06. The molecule has 1 heterocycles. The summed E-state index contributed by atoms with van der Waals surface area (Å²) in [6.07, 6.45) is 0. The number of hydrogen-bond donors (Lipinski definition) is 2. The maximum atomic E-state index is 11.3. The molecule has 0 atom stereocenters. The predicted molar refractivity (Wildman–Crippen MR) is 71.0 cm³/mol. The molecule has 3 nitrogen and oxygen atoms in total. The van der Waals surface area contributed by atoms with Gasteiger partial charge in [0.15, 0.2) is 0 Å². The van der Waals surface area contributed by atoms with Crippen LogP contribution in [-0.2, 0) is 0 Å². The molecule has 0 saturated carbocycles. The summed E-state index contributed by atoms with van der Waals surface area (Å²) in [6, 6.07) is 11.5. The van der Waals surface area contributed by atoms with Crippen molar-refractivity contribution in [3.63, 3.8) is 0 Å². The highest BCUT2D eigenvalue weighted by atomic mass is 16.1. The highest BCUT2D eigenvalue weighted by Gasteiger charge is 2.02. The number of aromatic nitrogens is 1. The minimum Gasteiger partial charge on any atom is -0.385 e. The summed E-state index contributed by atoms with van der Waals surface area (Å²) in [5.74, 6) is 0.897. The molecule has 2 rings (SSSR count). The van der Waals surface area contributed by atoms with Crippen LogP contribution in [0.2, 0.25) is 0 Å². The summed E-state index contributed by atoms with van der Waals surface area (Å²) < 4.78 is 0. The van der Waals surface area contributed by atoms with E-state index in [0.29, 0.717) is 11.7 Å². The zero-order valence-corrected chi connectivity index (χ0v) is 10.0. The van der Waals surface area contributed by atoms with Crippen molar-refractivity contribution in [2.24, 2.45) is 0 Å². The first-order valence-corrected chi connectivity index (χ1v) is 5.66. The molecule has 0 aliphatic carbocycles. The fraction of sp³-hybridized carbons (Fsp3) is 0.214. The summed E-state index contributed by atoms with van der Waals surface area (Å²) in [5, 5.41) is 0. The molecule has 17 heavy (non-hydrogen) atoms. The van der Waals surface area contributed by atoms with Crippen molar-refractivity contribution >= 4 is 5.82 Å². The maximum Gasteiger partial charge on any atom is 0.250 e. The van der Waals surface area contributed by atoms with Crippen LogP contribution in [0.3, 0.4) is 0 Å². The minimum absolute atomic E-state index is 0.173. The van der Waals surface area contributed by atoms with Gasteiger partial charge in [0.1, 0.15) is 5.82 Å². The number of aromatic amines is 1. The topological polar surface area (TPSA) is 58.9 Å². The molecule has 0 spiro atoms. The van der Waals surface area contributed by atoms with Gasteiger partial charge in [0, 0.05) is 6.07 Å². The second-order valence-electron chi connectivity index (χ2n) is 4.47. The van der Waals surface area contributed by atoms with Crippen LogP contribution < -0.4 is 11.3 Å². The van der Waals surface area contributed by atoms with E-state index in [-0.39, 0.29) is 5.56 Å². The van der Waals surface area contributed by atoms with Gasteiger partial charge in [-0.2, -0.15) is 0 Å². The highest BCUT2D eigenvalue weighted by molar-refractivity contribution is 5.65. The Morgan fingerprint density at radius 3 is 2.24 bits per heavy atom. The largest absolute Gasteiger partial charge is 0.385 e. The Bertz CT molecular complexity index is 568. The Morgan fingerprint density at radius 2 is 1.71 bits per heavy atom. The molecule has 3 N–H and O–H groups in total. The fourth-order valence-corrected chi connectivity index (χ4v) is 1.79. The van der Waals surface area contributed by atoms with E-state index in [2.05, 4.69) is 31.0 Å². The van der Waals surface area contributed by atoms with Crippen LogP contribution in [0.25, 0.3) is 11.1 Å². The monoisotopic (exact) mass is 228 g/mol. The van der Waals surface area contributed by atoms with Crippen molar-refractivity contribution in [2.45, 2.75) is 19.8 Å². The normalized spacial score (nSPS) is 10.8. The molecule has 2 aromatic rings. The van der Waals surface area contributed by atoms with Crippen LogP contribution in [0, 0.1) is 0 Å². The number of pyridine rings is 1. The number of anilines is 1. The van der Waals surface area contributed by atoms with Gasteiger partial charge in [0.2, 0.25) is 5.56 Å². The number of nitrogen functional groups attached to an aromatic ring is 1. The molecule has 0 unspecified atom stereocenters. The number of H-pyrrole nitrogens is 1. The predicted octanol–water partition coefficient (Wildman–Crippen LogP) is 2.75. The van der Waals surface area contributed by atoms with Gasteiger partial charge >= 0.3 is 0 Å². The highest BCUT2D eigenvalue weighted by Crippen LogP contribution is 2.22. The Kier molecular flexibility index (Phi) is 3.00. The van der Waals surface area contributed by atoms with Gasteiger partial charge in [0.05, 0.1) is 0 Å². The van der Waals surface area contributed by atoms with Crippen LogP contribution in [0.4, 0.5) is 5.82 Å². The van der Waals surface area contributed by atoms with E-state index < -0.39 is 0 Å². The number of nitrogens with two attached hydrogens (primary N) is 1. The van der Waals surface area contributed by atoms with Crippen LogP contribution in [0.15, 0.2) is 41.2 Å². The summed E-state index contributed by atoms with van der Waals surface area (Å²) in [5.41, 5.74) is 8.59. The van der Waals surface area contributed by atoms with Crippen LogP contribution in [-0.4, -0.2) is 4.98 Å². The average Bonchev–Trinajstić information content (AvgIpc) is 2.28. The van der Waals surface area contributed by atoms with Crippen molar-refractivity contribution in [3.05, 3.63) is 52.3 Å². The number of hydrogen-bond acceptors (Lipinski definition) is 2. The Labute approximate surface area is 100 Å². The smallest absolute Gasteiger partial charge is 0.250 e. The third-order valence-corrected chi connectivity index (χ3v) is 2.78. The molecule has 1 aromatic heterocycles. The Hall–Kier alpha value is -2.03. The van der Waals surface area contributed by atoms with Crippen molar-refractivity contribution < 1.29 is 0 Å². The second-order valence-corrected chi connectivity index (χ2v) is 4.47. The molecule has 0 radical (unpaired) electrons. The summed E-state index contributed by atoms with van der Waals surface area (Å²) in [6.45, 7) is 4.31. The van der Waals surface area contributed by atoms with E-state index in [4.69, 9.17) is 5.73 Å². The summed E-state index contributed by atoms with van der Waals surface area (Å²) in [4.78, 5) is 13.9. The van der Waals surface area contributed by atoms with Gasteiger partial charge in [0.25, 0.3) is 0 Å². The molecule has 0 aliphatic rings. The van der Waals surface area contributed by atoms with Crippen LogP contribution in [0.5, 0.6) is 0 Å². The third-order valence-electron chi connectivity index (χ3n) is 2.78. The van der Waals surface area contributed by atoms with E-state index in [1.54, 1.807) is 12.1 Å². The van der Waals surface area contributed by atoms with E-state index in [1.807, 2.05) is 12.1 Å². The van der Waals surface area contributed by atoms with Gasteiger partial charge in [-0.05, 0) is 28.7 Å². The lowest BCUT2D eigenvalue weighted by atomic mass is 9.99. The van der Waals surface area contributed by atoms with E-state index >= 15 is 0 Å². The molecule has 3 heteroatoms. The minimum atomic E-state index is -0.173. The van der Waals surface area contributed by atoms with Crippen LogP contribution in [0.1, 0.15) is 25.3 Å². The van der Waals surface area contributed by atoms with Crippen molar-refractivity contribution in [1.82, 2.24) is 4.98 Å². The molecule has 0 amide bonds. The Morgan fingerprint density at radius 1 is 1.06 bits per heavy atom. The van der Waals surface area contributed by atoms with Gasteiger partial charge in [-0.3, -0.25) is 4.79 Å². The van der Waals surface area contributed by atoms with E-state index in [0.717, 1.165) is 11.1 Å². The second kappa shape index (κ2) is 4.45. The standard InChI is InChI=1S/C14H16N2O/c1-9(2)10-3-5-11(6-4-10)12-7-13(15)16-14(17)8-12/h3-9H,1-2H3,(H3,15,16,17). The lowest BCUT2D eigenvalue weighted by molar-refractivity contribution is 0.867. The van der Waals surface area contributed by atoms with Crippen molar-refractivity contribution in [1.29, 1.82) is 0 Å². The van der Waals surface area contributed by atoms with Gasteiger partial charge < -0.3 is 10.7 Å². The third kappa shape index (κ3) is 2.56. The van der Waals surface area contributed by atoms with E-state index in [9.17, 15) is 4.79 Å². The number of rotatable bonds is 2. The summed E-state index contributed by atoms with van der Waals surface area (Å²) in [7, 11) is 0. The quantitative estimate of drug-likeness (QED) is 0.830. The lowest BCUT2D eigenvalue weighted by Crippen LogP contribution is -2.07. The zero-order valence-electron chi connectivity index (χ0n) is 10.0. The van der Waals surface area contributed by atoms with Crippen molar-refractivity contribution in [2.75, 3.05) is 5.73 Å². The molecule has 0 fully saturated rings. The zero-order chi connectivity index (χ0) is 12.4. The number of nitrogens with one attached hydrogen (secondary N) is 1. The first-order valence-electron chi connectivity index (χ1n) is 5.66. The SMILES string of the molecule is CC(C)c1ccc(-c2cc(N)[nH]c(=O)c2)cc1. The molecule has 0 saturated heterocycles. The van der Waals surface area contributed by atoms with Gasteiger partial charge in [-0.25, -0.2) is 0 Å². The molecule has 88 valence electrons.